The lowest BCUT2D eigenvalue weighted by atomic mass is 10.3. The van der Waals surface area contributed by atoms with Gasteiger partial charge in [-0.3, -0.25) is 0 Å². The summed E-state index contributed by atoms with van der Waals surface area (Å²) in [6.07, 6.45) is 2.06. The second kappa shape index (κ2) is 7.18. The van der Waals surface area contributed by atoms with Crippen LogP contribution in [0.5, 0.6) is 0 Å². The Hall–Kier alpha value is -2.49. The van der Waals surface area contributed by atoms with Crippen LogP contribution >= 0.6 is 15.9 Å². The zero-order chi connectivity index (χ0) is 17.0. The lowest BCUT2D eigenvalue weighted by Crippen LogP contribution is -2.26. The molecule has 0 unspecified atom stereocenters. The quantitative estimate of drug-likeness (QED) is 0.838. The minimum Gasteiger partial charge on any atom is -0.445 e. The van der Waals surface area contributed by atoms with E-state index in [1.165, 1.54) is 10.9 Å². The minimum atomic E-state index is -1.03. The van der Waals surface area contributed by atoms with Crippen LogP contribution in [-0.2, 0) is 11.3 Å². The van der Waals surface area contributed by atoms with Gasteiger partial charge >= 0.3 is 11.8 Å². The van der Waals surface area contributed by atoms with Gasteiger partial charge in [0.1, 0.15) is 18.8 Å². The second-order valence-electron chi connectivity index (χ2n) is 4.61. The molecule has 0 atom stereocenters. The fourth-order valence-electron chi connectivity index (χ4n) is 1.84. The van der Waals surface area contributed by atoms with E-state index >= 15 is 0 Å². The number of hydrogen-bond acceptors (Lipinski definition) is 5. The predicted octanol–water partition coefficient (Wildman–Crippen LogP) is 1.45. The molecule has 0 aliphatic heterocycles. The predicted molar refractivity (Wildman–Crippen MR) is 82.8 cm³/mol. The number of carbonyl (C=O) groups excluding carboxylic acids is 1. The first-order valence-corrected chi connectivity index (χ1v) is 7.19. The van der Waals surface area contributed by atoms with Gasteiger partial charge in [-0.1, -0.05) is 0 Å². The largest absolute Gasteiger partial charge is 0.445 e. The molecule has 2 aromatic heterocycles. The highest BCUT2D eigenvalue weighted by Gasteiger charge is 2.12. The van der Waals surface area contributed by atoms with Crippen LogP contribution in [0.3, 0.4) is 0 Å². The molecule has 0 aliphatic rings. The van der Waals surface area contributed by atoms with Crippen molar-refractivity contribution in [1.29, 1.82) is 0 Å². The number of rotatable bonds is 5. The number of primary amides is 1. The summed E-state index contributed by atoms with van der Waals surface area (Å²) in [6.45, 7) is 1.26. The number of carbonyl (C=O) groups is 1. The highest BCUT2D eigenvalue weighted by atomic mass is 79.9. The first-order chi connectivity index (χ1) is 10.9. The summed E-state index contributed by atoms with van der Waals surface area (Å²) in [7, 11) is 0. The normalized spacial score (nSPS) is 11.5. The number of pyridine rings is 1. The molecule has 0 aliphatic carbocycles. The van der Waals surface area contributed by atoms with Gasteiger partial charge in [-0.25, -0.2) is 28.2 Å². The van der Waals surface area contributed by atoms with E-state index in [-0.39, 0.29) is 25.1 Å². The van der Waals surface area contributed by atoms with Crippen molar-refractivity contribution < 1.29 is 13.9 Å². The van der Waals surface area contributed by atoms with Gasteiger partial charge in [0.05, 0.1) is 12.9 Å². The maximum Gasteiger partial charge on any atom is 0.404 e. The summed E-state index contributed by atoms with van der Waals surface area (Å²) in [4.78, 5) is 27.0. The number of hydrogen-bond donors (Lipinski definition) is 1. The Balaban J connectivity index is 2.25. The highest BCUT2D eigenvalue weighted by molar-refractivity contribution is 9.10. The molecule has 2 aromatic rings. The number of ether oxygens (including phenoxy) is 1. The molecular weight excluding hydrogens is 373 g/mol. The molecule has 0 radical (unpaired) electrons. The smallest absolute Gasteiger partial charge is 0.404 e. The van der Waals surface area contributed by atoms with Crippen molar-refractivity contribution in [1.82, 2.24) is 19.3 Å². The number of halogens is 2. The highest BCUT2D eigenvalue weighted by Crippen LogP contribution is 2.15. The van der Waals surface area contributed by atoms with E-state index in [1.54, 1.807) is 19.2 Å². The van der Waals surface area contributed by atoms with Crippen LogP contribution in [0.25, 0.3) is 5.82 Å². The topological polar surface area (TPSA) is 105 Å². The summed E-state index contributed by atoms with van der Waals surface area (Å²) < 4.78 is 20.3. The molecular formula is C13H13BrFN5O3. The molecule has 10 heteroatoms. The molecule has 2 N–H and O–H groups in total. The van der Waals surface area contributed by atoms with Gasteiger partial charge < -0.3 is 10.5 Å². The molecule has 0 saturated heterocycles. The van der Waals surface area contributed by atoms with E-state index in [4.69, 9.17) is 5.73 Å². The Morgan fingerprint density at radius 1 is 1.57 bits per heavy atom. The van der Waals surface area contributed by atoms with Gasteiger partial charge in [0.25, 0.3) is 0 Å². The number of aryl methyl sites for hydroxylation is 1. The summed E-state index contributed by atoms with van der Waals surface area (Å²) in [5.41, 5.74) is 5.12. The van der Waals surface area contributed by atoms with E-state index in [9.17, 15) is 14.0 Å². The van der Waals surface area contributed by atoms with Gasteiger partial charge in [-0.15, -0.1) is 0 Å². The van der Waals surface area contributed by atoms with E-state index in [2.05, 4.69) is 30.7 Å². The third-order valence-corrected chi connectivity index (χ3v) is 3.32. The summed E-state index contributed by atoms with van der Waals surface area (Å²) >= 11 is 3.29. The van der Waals surface area contributed by atoms with Crippen LogP contribution < -0.4 is 11.4 Å². The number of nitrogens with zero attached hydrogens (tertiary/aromatic N) is 4. The molecule has 0 fully saturated rings. The van der Waals surface area contributed by atoms with Gasteiger partial charge in [-0.2, -0.15) is 5.10 Å². The Bertz CT molecular complexity index is 814. The number of nitrogens with two attached hydrogens (primary N) is 1. The lowest BCUT2D eigenvalue weighted by molar-refractivity contribution is 0.164. The van der Waals surface area contributed by atoms with Crippen LogP contribution in [-0.4, -0.2) is 32.0 Å². The van der Waals surface area contributed by atoms with Crippen molar-refractivity contribution >= 4 is 22.0 Å². The van der Waals surface area contributed by atoms with Gasteiger partial charge in [-0.05, 0) is 34.5 Å². The first kappa shape index (κ1) is 16.9. The molecule has 0 bridgehead atoms. The molecule has 1 amide bonds. The SMILES string of the molecule is Cc1cc(Br)cnc1-n1cnn(C/C(=C\F)COC(N)=O)c1=O. The third-order valence-electron chi connectivity index (χ3n) is 2.89. The standard InChI is InChI=1S/C13H13BrFN5O3/c1-8-2-10(14)4-17-11(8)19-7-18-20(13(19)22)5-9(3-15)6-23-12(16)21/h2-4,7H,5-6H2,1H3,(H2,16,21)/b9-3+. The van der Waals surface area contributed by atoms with E-state index in [1.807, 2.05) is 0 Å². The Labute approximate surface area is 138 Å². The molecule has 0 aromatic carbocycles. The van der Waals surface area contributed by atoms with Crippen LogP contribution in [0.4, 0.5) is 9.18 Å². The lowest BCUT2D eigenvalue weighted by Gasteiger charge is -2.06. The second-order valence-corrected chi connectivity index (χ2v) is 5.53. The molecule has 2 rings (SSSR count). The molecule has 0 spiro atoms. The van der Waals surface area contributed by atoms with Gasteiger partial charge in [0, 0.05) is 16.2 Å². The maximum atomic E-state index is 12.8. The number of amides is 1. The summed E-state index contributed by atoms with van der Waals surface area (Å²) in [5.74, 6) is 0.420. The van der Waals surface area contributed by atoms with Crippen molar-refractivity contribution in [3.8, 4) is 5.82 Å². The fourth-order valence-corrected chi connectivity index (χ4v) is 2.29. The average molecular weight is 386 g/mol. The van der Waals surface area contributed by atoms with E-state index in [0.29, 0.717) is 5.82 Å². The Kier molecular flexibility index (Phi) is 5.27. The summed E-state index contributed by atoms with van der Waals surface area (Å²) in [6, 6.07) is 1.81. The van der Waals surface area contributed by atoms with Crippen molar-refractivity contribution in [2.24, 2.45) is 5.73 Å². The van der Waals surface area contributed by atoms with Crippen LogP contribution in [0.1, 0.15) is 5.56 Å². The molecule has 0 saturated carbocycles. The van der Waals surface area contributed by atoms with Crippen molar-refractivity contribution in [3.63, 3.8) is 0 Å². The fraction of sp³-hybridized carbons (Fsp3) is 0.231. The van der Waals surface area contributed by atoms with Crippen LogP contribution in [0, 0.1) is 6.92 Å². The zero-order valence-corrected chi connectivity index (χ0v) is 13.7. The maximum absolute atomic E-state index is 12.8. The van der Waals surface area contributed by atoms with Gasteiger partial charge in [0.15, 0.2) is 0 Å². The Morgan fingerprint density at radius 3 is 2.91 bits per heavy atom. The van der Waals surface area contributed by atoms with Crippen molar-refractivity contribution in [3.05, 3.63) is 51.0 Å². The molecule has 2 heterocycles. The third kappa shape index (κ3) is 4.03. The molecule has 23 heavy (non-hydrogen) atoms. The van der Waals surface area contributed by atoms with Crippen LogP contribution in [0.15, 0.2) is 39.8 Å². The Morgan fingerprint density at radius 2 is 2.30 bits per heavy atom. The van der Waals surface area contributed by atoms with E-state index in [0.717, 1.165) is 14.7 Å². The average Bonchev–Trinajstić information content (AvgIpc) is 2.84. The van der Waals surface area contributed by atoms with E-state index < -0.39 is 11.8 Å². The monoisotopic (exact) mass is 385 g/mol. The van der Waals surface area contributed by atoms with Crippen molar-refractivity contribution in [2.75, 3.05) is 6.61 Å². The minimum absolute atomic E-state index is 0.0386. The molecule has 122 valence electrons. The number of aromatic nitrogens is 4. The van der Waals surface area contributed by atoms with Crippen LogP contribution in [0.2, 0.25) is 0 Å². The molecule has 8 nitrogen and oxygen atoms in total. The summed E-state index contributed by atoms with van der Waals surface area (Å²) in [5, 5.41) is 3.91. The first-order valence-electron chi connectivity index (χ1n) is 6.39. The zero-order valence-electron chi connectivity index (χ0n) is 12.1. The van der Waals surface area contributed by atoms with Gasteiger partial charge in [0.2, 0.25) is 0 Å². The van der Waals surface area contributed by atoms with Crippen molar-refractivity contribution in [2.45, 2.75) is 13.5 Å².